The summed E-state index contributed by atoms with van der Waals surface area (Å²) in [5.41, 5.74) is 3.97. The number of hydrogen-bond acceptors (Lipinski definition) is 7. The number of carbonyl (C=O) groups excluding carboxylic acids is 1. The zero-order valence-corrected chi connectivity index (χ0v) is 26.4. The van der Waals surface area contributed by atoms with Crippen LogP contribution in [-0.4, -0.2) is 64.8 Å². The number of oxime groups is 1. The van der Waals surface area contributed by atoms with Crippen molar-refractivity contribution >= 4 is 18.0 Å². The normalized spacial score (nSPS) is 15.8. The summed E-state index contributed by atoms with van der Waals surface area (Å²) < 4.78 is 24.9. The van der Waals surface area contributed by atoms with Crippen LogP contribution in [0.25, 0.3) is 11.8 Å². The zero-order chi connectivity index (χ0) is 32.2. The van der Waals surface area contributed by atoms with Gasteiger partial charge in [0, 0.05) is 19.8 Å². The molecule has 4 aromatic rings. The molecular weight excluding hydrogens is 573 g/mol. The fourth-order valence-electron chi connectivity index (χ4n) is 4.81. The molecule has 3 aromatic carbocycles. The molecular formula is C35H40FN5O4. The van der Waals surface area contributed by atoms with E-state index in [1.807, 2.05) is 61.9 Å². The Labute approximate surface area is 264 Å². The number of amidine groups is 1. The first-order chi connectivity index (χ1) is 21.9. The Balaban J connectivity index is 0.000000447. The lowest BCUT2D eigenvalue weighted by atomic mass is 10.00. The second kappa shape index (κ2) is 16.1. The van der Waals surface area contributed by atoms with Crippen molar-refractivity contribution < 1.29 is 23.5 Å². The molecule has 1 aromatic heterocycles. The molecule has 236 valence electrons. The van der Waals surface area contributed by atoms with Gasteiger partial charge in [0.25, 0.3) is 0 Å². The van der Waals surface area contributed by atoms with Gasteiger partial charge in [-0.15, -0.1) is 0 Å². The predicted octanol–water partition coefficient (Wildman–Crippen LogP) is 7.32. The Morgan fingerprint density at radius 2 is 1.80 bits per heavy atom. The average Bonchev–Trinajstić information content (AvgIpc) is 3.69. The Morgan fingerprint density at radius 3 is 2.42 bits per heavy atom. The molecule has 3 heterocycles. The SMILES string of the molecule is CC.COc1cc(/C=C2\CCCN3C2=NO[C@H]3CN(C)C(=O)Oc2ccccc2)ccc1-n1cnc(C)c1.Fc1ccccc1. The minimum Gasteiger partial charge on any atom is -0.495 e. The van der Waals surface area contributed by atoms with Gasteiger partial charge >= 0.3 is 6.09 Å². The maximum atomic E-state index is 12.5. The second-order valence-electron chi connectivity index (χ2n) is 10.2. The summed E-state index contributed by atoms with van der Waals surface area (Å²) in [5.74, 6) is 1.90. The molecule has 0 spiro atoms. The highest BCUT2D eigenvalue weighted by atomic mass is 19.1. The molecule has 0 radical (unpaired) electrons. The highest BCUT2D eigenvalue weighted by Gasteiger charge is 2.36. The van der Waals surface area contributed by atoms with Crippen molar-refractivity contribution in [3.63, 3.8) is 0 Å². The summed E-state index contributed by atoms with van der Waals surface area (Å²) >= 11 is 0. The smallest absolute Gasteiger partial charge is 0.415 e. The van der Waals surface area contributed by atoms with Crippen LogP contribution in [0.2, 0.25) is 0 Å². The molecule has 1 atom stereocenters. The number of carbonyl (C=O) groups is 1. The molecule has 10 heteroatoms. The molecule has 9 nitrogen and oxygen atoms in total. The van der Waals surface area contributed by atoms with E-state index in [0.717, 1.165) is 53.5 Å². The first-order valence-electron chi connectivity index (χ1n) is 15.0. The van der Waals surface area contributed by atoms with Crippen molar-refractivity contribution in [1.29, 1.82) is 0 Å². The number of aryl methyl sites for hydroxylation is 1. The third-order valence-corrected chi connectivity index (χ3v) is 6.97. The van der Waals surface area contributed by atoms with Gasteiger partial charge in [-0.1, -0.05) is 61.5 Å². The summed E-state index contributed by atoms with van der Waals surface area (Å²) in [7, 11) is 3.36. The number of fused-ring (bicyclic) bond motifs is 1. The van der Waals surface area contributed by atoms with E-state index in [9.17, 15) is 9.18 Å². The number of benzene rings is 3. The maximum Gasteiger partial charge on any atom is 0.415 e. The number of halogens is 1. The lowest BCUT2D eigenvalue weighted by Gasteiger charge is -2.31. The fraction of sp³-hybridized carbons (Fsp3) is 0.286. The first kappa shape index (κ1) is 32.8. The Bertz CT molecular complexity index is 1590. The lowest BCUT2D eigenvalue weighted by molar-refractivity contribution is -0.00737. The number of hydrogen-bond donors (Lipinski definition) is 0. The van der Waals surface area contributed by atoms with E-state index < -0.39 is 6.09 Å². The minimum atomic E-state index is -0.439. The van der Waals surface area contributed by atoms with Crippen LogP contribution in [0.15, 0.2) is 102 Å². The van der Waals surface area contributed by atoms with Gasteiger partial charge in [-0.25, -0.2) is 14.2 Å². The van der Waals surface area contributed by atoms with E-state index in [4.69, 9.17) is 14.3 Å². The van der Waals surface area contributed by atoms with E-state index in [2.05, 4.69) is 27.2 Å². The van der Waals surface area contributed by atoms with Crippen molar-refractivity contribution in [3.8, 4) is 17.2 Å². The number of para-hydroxylation sites is 1. The molecule has 1 amide bonds. The molecule has 0 bridgehead atoms. The van der Waals surface area contributed by atoms with Gasteiger partial charge in [0.1, 0.15) is 17.3 Å². The Kier molecular flexibility index (Phi) is 11.7. The number of likely N-dealkylation sites (N-methyl/N-ethyl adjacent to an activating group) is 1. The third-order valence-electron chi connectivity index (χ3n) is 6.97. The summed E-state index contributed by atoms with van der Waals surface area (Å²) in [4.78, 5) is 26.2. The van der Waals surface area contributed by atoms with Gasteiger partial charge in [0.05, 0.1) is 31.4 Å². The van der Waals surface area contributed by atoms with E-state index in [-0.39, 0.29) is 12.0 Å². The van der Waals surface area contributed by atoms with Gasteiger partial charge in [0.15, 0.2) is 5.84 Å². The van der Waals surface area contributed by atoms with Crippen molar-refractivity contribution in [1.82, 2.24) is 19.4 Å². The lowest BCUT2D eigenvalue weighted by Crippen LogP contribution is -2.47. The number of amides is 1. The van der Waals surface area contributed by atoms with Crippen molar-refractivity contribution in [2.45, 2.75) is 39.8 Å². The summed E-state index contributed by atoms with van der Waals surface area (Å²) in [6.45, 7) is 7.10. The highest BCUT2D eigenvalue weighted by molar-refractivity contribution is 6.03. The van der Waals surface area contributed by atoms with Crippen LogP contribution in [0.3, 0.4) is 0 Å². The quantitative estimate of drug-likeness (QED) is 0.227. The van der Waals surface area contributed by atoms with Crippen LogP contribution in [0.4, 0.5) is 9.18 Å². The molecule has 0 N–H and O–H groups in total. The Hall–Kier alpha value is -5.12. The number of ether oxygens (including phenoxy) is 2. The Morgan fingerprint density at radius 1 is 1.09 bits per heavy atom. The number of rotatable bonds is 6. The van der Waals surface area contributed by atoms with Crippen molar-refractivity contribution in [3.05, 3.63) is 114 Å². The predicted molar refractivity (Wildman–Crippen MR) is 174 cm³/mol. The van der Waals surface area contributed by atoms with Crippen LogP contribution in [0.5, 0.6) is 11.5 Å². The van der Waals surface area contributed by atoms with Crippen LogP contribution in [0, 0.1) is 12.7 Å². The van der Waals surface area contributed by atoms with Crippen molar-refractivity contribution in [2.75, 3.05) is 27.2 Å². The number of aromatic nitrogens is 2. The van der Waals surface area contributed by atoms with Crippen LogP contribution in [-0.2, 0) is 4.84 Å². The van der Waals surface area contributed by atoms with Crippen LogP contribution < -0.4 is 9.47 Å². The van der Waals surface area contributed by atoms with E-state index >= 15 is 0 Å². The van der Waals surface area contributed by atoms with Gasteiger partial charge < -0.3 is 28.7 Å². The summed E-state index contributed by atoms with van der Waals surface area (Å²) in [5, 5.41) is 4.38. The average molecular weight is 614 g/mol. The molecule has 1 saturated heterocycles. The molecule has 2 aliphatic heterocycles. The highest BCUT2D eigenvalue weighted by Crippen LogP contribution is 2.30. The number of piperidine rings is 1. The topological polar surface area (TPSA) is 81.4 Å². The van der Waals surface area contributed by atoms with Gasteiger partial charge in [0.2, 0.25) is 6.23 Å². The molecule has 6 rings (SSSR count). The standard InChI is InChI=1S/C27H29N5O4.C6H5F.C2H6/c1-19-16-31(18-28-19)23-12-11-20(15-24(23)34-3)14-21-8-7-13-32-25(36-29-26(21)32)17-30(2)27(33)35-22-9-5-4-6-10-22;7-6-4-2-1-3-5-6;1-2/h4-6,9-12,14-16,18,25H,7-8,13,17H2,1-3H3;1-5H;1-2H3/b21-14+;;/t25-;;/m0../s1. The molecule has 0 unspecified atom stereocenters. The van der Waals surface area contributed by atoms with Gasteiger partial charge in [-0.3, -0.25) is 0 Å². The third kappa shape index (κ3) is 8.72. The molecule has 0 aliphatic carbocycles. The first-order valence-corrected chi connectivity index (χ1v) is 15.0. The van der Waals surface area contributed by atoms with Crippen LogP contribution in [0.1, 0.15) is 37.9 Å². The van der Waals surface area contributed by atoms with Crippen molar-refractivity contribution in [2.24, 2.45) is 5.16 Å². The van der Waals surface area contributed by atoms with Gasteiger partial charge in [-0.2, -0.15) is 0 Å². The molecule has 1 fully saturated rings. The zero-order valence-electron chi connectivity index (χ0n) is 26.4. The number of methoxy groups -OCH3 is 1. The monoisotopic (exact) mass is 613 g/mol. The largest absolute Gasteiger partial charge is 0.495 e. The van der Waals surface area contributed by atoms with E-state index in [1.165, 1.54) is 17.0 Å². The number of nitrogens with zero attached hydrogens (tertiary/aromatic N) is 5. The minimum absolute atomic E-state index is 0.178. The number of imidazole rings is 1. The summed E-state index contributed by atoms with van der Waals surface area (Å²) in [6, 6.07) is 23.1. The molecule has 0 saturated carbocycles. The van der Waals surface area contributed by atoms with E-state index in [0.29, 0.717) is 12.3 Å². The second-order valence-corrected chi connectivity index (χ2v) is 10.2. The fourth-order valence-corrected chi connectivity index (χ4v) is 4.81. The molecule has 45 heavy (non-hydrogen) atoms. The summed E-state index contributed by atoms with van der Waals surface area (Å²) in [6.07, 6.45) is 6.92. The van der Waals surface area contributed by atoms with E-state index in [1.54, 1.807) is 50.8 Å². The van der Waals surface area contributed by atoms with Crippen LogP contribution >= 0.6 is 0 Å². The maximum absolute atomic E-state index is 12.5. The molecule has 2 aliphatic rings. The van der Waals surface area contributed by atoms with Gasteiger partial charge in [-0.05, 0) is 73.4 Å².